The fourth-order valence-corrected chi connectivity index (χ4v) is 4.34. The summed E-state index contributed by atoms with van der Waals surface area (Å²) >= 11 is 0. The molecule has 5 rings (SSSR count). The van der Waals surface area contributed by atoms with Gasteiger partial charge in [0.1, 0.15) is 11.9 Å². The Morgan fingerprint density at radius 3 is 2.58 bits per heavy atom. The van der Waals surface area contributed by atoms with Crippen LogP contribution in [0.1, 0.15) is 31.9 Å². The van der Waals surface area contributed by atoms with E-state index in [1.807, 2.05) is 39.0 Å². The van der Waals surface area contributed by atoms with Gasteiger partial charge in [0.2, 0.25) is 5.95 Å². The quantitative estimate of drug-likeness (QED) is 0.459. The Labute approximate surface area is 205 Å². The second-order valence-corrected chi connectivity index (χ2v) is 10.1. The molecule has 190 valence electrons. The Bertz CT molecular complexity index is 1490. The number of hydrogen-bond acceptors (Lipinski definition) is 6. The molecule has 12 heteroatoms. The average molecular weight is 501 g/mol. The number of anilines is 2. The summed E-state index contributed by atoms with van der Waals surface area (Å²) in [5, 5.41) is 7.55. The maximum atomic E-state index is 13.4. The van der Waals surface area contributed by atoms with Crippen molar-refractivity contribution in [3.8, 4) is 5.82 Å². The molecular weight excluding hydrogens is 473 g/mol. The Morgan fingerprint density at radius 2 is 1.89 bits per heavy atom. The van der Waals surface area contributed by atoms with Crippen LogP contribution < -0.4 is 10.9 Å². The first-order chi connectivity index (χ1) is 16.9. The summed E-state index contributed by atoms with van der Waals surface area (Å²) in [4.78, 5) is 23.9. The molecular formula is C24H27F3N8O. The smallest absolute Gasteiger partial charge is 0.324 e. The summed E-state index contributed by atoms with van der Waals surface area (Å²) in [6.45, 7) is 6.10. The lowest BCUT2D eigenvalue weighted by molar-refractivity contribution is -0.144. The number of hydrogen-bond donors (Lipinski definition) is 1. The van der Waals surface area contributed by atoms with Gasteiger partial charge in [-0.15, -0.1) is 0 Å². The summed E-state index contributed by atoms with van der Waals surface area (Å²) in [6.07, 6.45) is -0.787. The number of likely N-dealkylation sites (N-methyl/N-ethyl adjacent to an activating group) is 1. The molecule has 0 radical (unpaired) electrons. The van der Waals surface area contributed by atoms with Gasteiger partial charge in [-0.25, -0.2) is 14.3 Å². The Hall–Kier alpha value is -3.67. The van der Waals surface area contributed by atoms with Gasteiger partial charge in [0.15, 0.2) is 11.5 Å². The number of fused-ring (bicyclic) bond motifs is 2. The molecule has 0 spiro atoms. The molecule has 1 aromatic carbocycles. The van der Waals surface area contributed by atoms with Gasteiger partial charge in [0.25, 0.3) is 5.56 Å². The van der Waals surface area contributed by atoms with Crippen LogP contribution in [0.2, 0.25) is 0 Å². The second-order valence-electron chi connectivity index (χ2n) is 10.1. The van der Waals surface area contributed by atoms with E-state index in [4.69, 9.17) is 0 Å². The van der Waals surface area contributed by atoms with E-state index >= 15 is 0 Å². The van der Waals surface area contributed by atoms with Crippen molar-refractivity contribution in [3.05, 3.63) is 58.1 Å². The molecule has 36 heavy (non-hydrogen) atoms. The first kappa shape index (κ1) is 24.0. The number of nitrogens with one attached hydrogen (secondary N) is 1. The van der Waals surface area contributed by atoms with Crippen molar-refractivity contribution in [1.82, 2.24) is 34.0 Å². The van der Waals surface area contributed by atoms with Crippen molar-refractivity contribution in [3.63, 3.8) is 0 Å². The van der Waals surface area contributed by atoms with Gasteiger partial charge >= 0.3 is 6.18 Å². The summed E-state index contributed by atoms with van der Waals surface area (Å²) in [7, 11) is 2.08. The molecule has 0 aliphatic carbocycles. The van der Waals surface area contributed by atoms with Crippen molar-refractivity contribution in [1.29, 1.82) is 0 Å². The molecule has 4 aromatic rings. The molecule has 0 saturated carbocycles. The minimum Gasteiger partial charge on any atom is -0.324 e. The molecule has 0 atom stereocenters. The summed E-state index contributed by atoms with van der Waals surface area (Å²) in [5.74, 6) is 0.326. The summed E-state index contributed by atoms with van der Waals surface area (Å²) in [5.41, 5.74) is 2.04. The lowest BCUT2D eigenvalue weighted by Crippen LogP contribution is -2.30. The molecule has 0 saturated heterocycles. The van der Waals surface area contributed by atoms with E-state index < -0.39 is 23.8 Å². The van der Waals surface area contributed by atoms with Gasteiger partial charge in [-0.05, 0) is 57.5 Å². The number of aromatic nitrogens is 6. The van der Waals surface area contributed by atoms with Crippen molar-refractivity contribution < 1.29 is 13.2 Å². The third-order valence-electron chi connectivity index (χ3n) is 6.15. The first-order valence-corrected chi connectivity index (χ1v) is 11.6. The predicted octanol–water partition coefficient (Wildman–Crippen LogP) is 3.83. The van der Waals surface area contributed by atoms with E-state index in [0.29, 0.717) is 4.68 Å². The van der Waals surface area contributed by atoms with Crippen molar-refractivity contribution >= 4 is 22.7 Å². The Morgan fingerprint density at radius 1 is 1.11 bits per heavy atom. The Balaban J connectivity index is 1.59. The predicted molar refractivity (Wildman–Crippen MR) is 130 cm³/mol. The number of nitrogens with zero attached hydrogens (tertiary/aromatic N) is 7. The Kier molecular flexibility index (Phi) is 5.66. The minimum absolute atomic E-state index is 0.0245. The lowest BCUT2D eigenvalue weighted by atomic mass is 9.99. The molecule has 0 unspecified atom stereocenters. The number of rotatable bonds is 4. The monoisotopic (exact) mass is 500 g/mol. The standard InChI is InChI=1S/C24H27F3N8O/c1-23(2,3)34-10-8-19(31-34)35-20-18(21(36)33(35)14-24(25,26)27)12-28-22(30-20)29-17-6-5-16-13-32(4)9-7-15(16)11-17/h5-6,8,10-12H,7,9,13-14H2,1-4H3,(H,28,29,30). The van der Waals surface area contributed by atoms with E-state index in [-0.39, 0.29) is 22.8 Å². The van der Waals surface area contributed by atoms with E-state index in [0.717, 1.165) is 29.9 Å². The zero-order valence-corrected chi connectivity index (χ0v) is 20.5. The SMILES string of the molecule is CN1CCc2cc(Nc3ncc4c(=O)n(CC(F)(F)F)n(-c5ccn(C(C)(C)C)n5)c4n3)ccc2C1. The lowest BCUT2D eigenvalue weighted by Gasteiger charge is -2.25. The zero-order chi connectivity index (χ0) is 25.8. The number of alkyl halides is 3. The van der Waals surface area contributed by atoms with Crippen molar-refractivity contribution in [2.75, 3.05) is 18.9 Å². The fourth-order valence-electron chi connectivity index (χ4n) is 4.34. The molecule has 4 heterocycles. The average Bonchev–Trinajstić information content (AvgIpc) is 3.37. The minimum atomic E-state index is -4.62. The highest BCUT2D eigenvalue weighted by atomic mass is 19.4. The number of benzene rings is 1. The normalized spacial score (nSPS) is 14.9. The van der Waals surface area contributed by atoms with Crippen LogP contribution in [-0.4, -0.2) is 53.8 Å². The molecule has 1 N–H and O–H groups in total. The summed E-state index contributed by atoms with van der Waals surface area (Å²) < 4.78 is 43.6. The van der Waals surface area contributed by atoms with Gasteiger partial charge in [0, 0.05) is 37.2 Å². The fraction of sp³-hybridized carbons (Fsp3) is 0.417. The molecule has 1 aliphatic heterocycles. The number of halogens is 3. The topological polar surface area (TPSA) is 85.8 Å². The molecule has 9 nitrogen and oxygen atoms in total. The van der Waals surface area contributed by atoms with Crippen molar-refractivity contribution in [2.24, 2.45) is 0 Å². The van der Waals surface area contributed by atoms with Crippen LogP contribution in [0.5, 0.6) is 0 Å². The molecule has 1 aliphatic rings. The van der Waals surface area contributed by atoms with Gasteiger partial charge in [-0.1, -0.05) is 6.07 Å². The van der Waals surface area contributed by atoms with Crippen LogP contribution in [0.25, 0.3) is 16.9 Å². The highest BCUT2D eigenvalue weighted by Gasteiger charge is 2.32. The van der Waals surface area contributed by atoms with Crippen LogP contribution in [0.3, 0.4) is 0 Å². The third kappa shape index (κ3) is 4.60. The van der Waals surface area contributed by atoms with Gasteiger partial charge in [-0.3, -0.25) is 9.48 Å². The van der Waals surface area contributed by atoms with Gasteiger partial charge in [0.05, 0.1) is 5.54 Å². The van der Waals surface area contributed by atoms with Crippen molar-refractivity contribution in [2.45, 2.75) is 52.0 Å². The van der Waals surface area contributed by atoms with Crippen LogP contribution >= 0.6 is 0 Å². The van der Waals surface area contributed by atoms with Crippen LogP contribution in [-0.2, 0) is 25.0 Å². The van der Waals surface area contributed by atoms with E-state index in [9.17, 15) is 18.0 Å². The zero-order valence-electron chi connectivity index (χ0n) is 20.5. The highest BCUT2D eigenvalue weighted by Crippen LogP contribution is 2.25. The summed E-state index contributed by atoms with van der Waals surface area (Å²) in [6, 6.07) is 7.55. The third-order valence-corrected chi connectivity index (χ3v) is 6.15. The first-order valence-electron chi connectivity index (χ1n) is 11.6. The van der Waals surface area contributed by atoms with E-state index in [1.54, 1.807) is 16.9 Å². The maximum absolute atomic E-state index is 13.4. The van der Waals surface area contributed by atoms with Gasteiger partial charge in [-0.2, -0.15) is 23.3 Å². The largest absolute Gasteiger partial charge is 0.408 e. The molecule has 0 bridgehead atoms. The second kappa shape index (κ2) is 8.47. The maximum Gasteiger partial charge on any atom is 0.408 e. The van der Waals surface area contributed by atoms with Crippen LogP contribution in [0, 0.1) is 0 Å². The van der Waals surface area contributed by atoms with E-state index in [1.165, 1.54) is 17.3 Å². The molecule has 0 fully saturated rings. The van der Waals surface area contributed by atoms with Crippen LogP contribution in [0.15, 0.2) is 41.5 Å². The molecule has 3 aromatic heterocycles. The molecule has 0 amide bonds. The van der Waals surface area contributed by atoms with Gasteiger partial charge < -0.3 is 10.2 Å². The van der Waals surface area contributed by atoms with Crippen LogP contribution in [0.4, 0.5) is 24.8 Å². The van der Waals surface area contributed by atoms with E-state index in [2.05, 4.69) is 32.3 Å². The highest BCUT2D eigenvalue weighted by molar-refractivity contribution is 5.77.